The zero-order valence-electron chi connectivity index (χ0n) is 15.9. The van der Waals surface area contributed by atoms with Crippen LogP contribution in [0.5, 0.6) is 0 Å². The van der Waals surface area contributed by atoms with E-state index >= 15 is 0 Å². The van der Waals surface area contributed by atoms with Gasteiger partial charge < -0.3 is 19.3 Å². The molecule has 26 heavy (non-hydrogen) atoms. The lowest BCUT2D eigenvalue weighted by Crippen LogP contribution is -2.42. The van der Waals surface area contributed by atoms with E-state index in [2.05, 4.69) is 11.8 Å². The minimum atomic E-state index is -0.460. The monoisotopic (exact) mass is 358 g/mol. The molecule has 0 spiro atoms. The third-order valence-electron chi connectivity index (χ3n) is 5.14. The van der Waals surface area contributed by atoms with Gasteiger partial charge in [0.1, 0.15) is 0 Å². The number of rotatable bonds is 8. The van der Waals surface area contributed by atoms with Gasteiger partial charge in [0.2, 0.25) is 0 Å². The van der Waals surface area contributed by atoms with E-state index in [0.29, 0.717) is 19.2 Å². The Balaban J connectivity index is 1.58. The quantitative estimate of drug-likeness (QED) is 0.737. The normalized spacial score (nSPS) is 17.7. The van der Waals surface area contributed by atoms with Crippen LogP contribution in [0.3, 0.4) is 0 Å². The Labute approximate surface area is 155 Å². The van der Waals surface area contributed by atoms with Gasteiger partial charge in [0.25, 0.3) is 0 Å². The van der Waals surface area contributed by atoms with Crippen molar-refractivity contribution < 1.29 is 14.6 Å². The summed E-state index contributed by atoms with van der Waals surface area (Å²) < 4.78 is 7.84. The molecule has 5 heteroatoms. The van der Waals surface area contributed by atoms with Gasteiger partial charge in [-0.2, -0.15) is 0 Å². The molecule has 1 aromatic carbocycles. The summed E-state index contributed by atoms with van der Waals surface area (Å²) in [5, 5.41) is 11.6. The fourth-order valence-electron chi connectivity index (χ4n) is 3.80. The minimum Gasteiger partial charge on any atom is -0.390 e. The fourth-order valence-corrected chi connectivity index (χ4v) is 3.80. The lowest BCUT2D eigenvalue weighted by Gasteiger charge is -2.33. The molecule has 1 aliphatic rings. The lowest BCUT2D eigenvalue weighted by molar-refractivity contribution is -0.00308. The average Bonchev–Trinajstić information content (AvgIpc) is 3.00. The summed E-state index contributed by atoms with van der Waals surface area (Å²) >= 11 is 0. The number of likely N-dealkylation sites (tertiary alicyclic amines) is 1. The van der Waals surface area contributed by atoms with E-state index in [-0.39, 0.29) is 5.78 Å². The van der Waals surface area contributed by atoms with Gasteiger partial charge in [-0.1, -0.05) is 25.1 Å². The molecular formula is C21H30N2O3. The first kappa shape index (κ1) is 19.1. The molecule has 0 amide bonds. The summed E-state index contributed by atoms with van der Waals surface area (Å²) in [6.07, 6.45) is 4.92. The van der Waals surface area contributed by atoms with Crippen molar-refractivity contribution in [1.29, 1.82) is 0 Å². The number of piperidine rings is 1. The molecule has 2 aromatic rings. The molecule has 0 aliphatic carbocycles. The molecule has 1 atom stereocenters. The van der Waals surface area contributed by atoms with Crippen LogP contribution in [0.25, 0.3) is 10.9 Å². The molecule has 1 N–H and O–H groups in total. The second-order valence-electron chi connectivity index (χ2n) is 7.29. The van der Waals surface area contributed by atoms with Gasteiger partial charge in [-0.15, -0.1) is 0 Å². The van der Waals surface area contributed by atoms with Crippen molar-refractivity contribution in [2.24, 2.45) is 0 Å². The predicted octanol–water partition coefficient (Wildman–Crippen LogP) is 3.10. The number of para-hydroxylation sites is 1. The average molecular weight is 358 g/mol. The number of β-amino-alcohol motifs (C(OH)–C–C–N with tert-alkyl or cyclic N) is 1. The molecule has 3 rings (SSSR count). The number of carbonyl (C=O) groups excluding carboxylic acids is 1. The number of hydrogen-bond donors (Lipinski definition) is 1. The molecule has 0 bridgehead atoms. The summed E-state index contributed by atoms with van der Waals surface area (Å²) in [7, 11) is 0. The molecular weight excluding hydrogens is 328 g/mol. The number of aliphatic hydroxyl groups is 1. The van der Waals surface area contributed by atoms with Crippen molar-refractivity contribution in [2.75, 3.05) is 26.2 Å². The molecule has 1 unspecified atom stereocenters. The summed E-state index contributed by atoms with van der Waals surface area (Å²) in [5.41, 5.74) is 1.73. The Bertz CT molecular complexity index is 732. The lowest BCUT2D eigenvalue weighted by atomic mass is 10.1. The smallest absolute Gasteiger partial charge is 0.161 e. The maximum Gasteiger partial charge on any atom is 0.161 e. The minimum absolute atomic E-state index is 0.0589. The number of carbonyl (C=O) groups is 1. The topological polar surface area (TPSA) is 54.7 Å². The van der Waals surface area contributed by atoms with Crippen molar-refractivity contribution in [3.05, 3.63) is 36.0 Å². The molecule has 1 fully saturated rings. The molecule has 5 nitrogen and oxygen atoms in total. The molecule has 2 heterocycles. The van der Waals surface area contributed by atoms with Crippen LogP contribution in [0.1, 0.15) is 43.5 Å². The number of nitrogens with zero attached hydrogens (tertiary/aromatic N) is 2. The first-order valence-electron chi connectivity index (χ1n) is 9.69. The zero-order chi connectivity index (χ0) is 18.5. The Morgan fingerprint density at radius 1 is 1.27 bits per heavy atom. The van der Waals surface area contributed by atoms with E-state index in [9.17, 15) is 9.90 Å². The summed E-state index contributed by atoms with van der Waals surface area (Å²) in [6.45, 7) is 7.66. The number of ether oxygens (including phenoxy) is 1. The first-order valence-corrected chi connectivity index (χ1v) is 9.69. The van der Waals surface area contributed by atoms with Gasteiger partial charge in [-0.25, -0.2) is 0 Å². The summed E-state index contributed by atoms with van der Waals surface area (Å²) in [6, 6.07) is 7.89. The van der Waals surface area contributed by atoms with E-state index < -0.39 is 6.10 Å². The van der Waals surface area contributed by atoms with Crippen molar-refractivity contribution in [3.8, 4) is 0 Å². The van der Waals surface area contributed by atoms with E-state index in [0.717, 1.165) is 55.4 Å². The SMILES string of the molecule is CCCOC1CCN(CC(O)Cn2cc(C(C)=O)c3ccccc32)CC1. The Kier molecular flexibility index (Phi) is 6.46. The Hall–Kier alpha value is -1.69. The molecule has 0 radical (unpaired) electrons. The molecule has 1 saturated heterocycles. The maximum atomic E-state index is 11.9. The summed E-state index contributed by atoms with van der Waals surface area (Å²) in [5.74, 6) is 0.0589. The second kappa shape index (κ2) is 8.80. The third kappa shape index (κ3) is 4.53. The van der Waals surface area contributed by atoms with Gasteiger partial charge in [0.05, 0.1) is 12.2 Å². The van der Waals surface area contributed by atoms with Crippen molar-refractivity contribution in [2.45, 2.75) is 51.9 Å². The van der Waals surface area contributed by atoms with E-state index in [1.165, 1.54) is 0 Å². The highest BCUT2D eigenvalue weighted by Crippen LogP contribution is 2.22. The Morgan fingerprint density at radius 2 is 2.00 bits per heavy atom. The number of aromatic nitrogens is 1. The number of fused-ring (bicyclic) bond motifs is 1. The van der Waals surface area contributed by atoms with Crippen LogP contribution < -0.4 is 0 Å². The first-order chi connectivity index (χ1) is 12.6. The van der Waals surface area contributed by atoms with Crippen LogP contribution in [0, 0.1) is 0 Å². The molecule has 1 aliphatic heterocycles. The van der Waals surface area contributed by atoms with Crippen LogP contribution in [0.4, 0.5) is 0 Å². The van der Waals surface area contributed by atoms with E-state index in [1.807, 2.05) is 35.0 Å². The second-order valence-corrected chi connectivity index (χ2v) is 7.29. The third-order valence-corrected chi connectivity index (χ3v) is 5.14. The molecule has 142 valence electrons. The van der Waals surface area contributed by atoms with Gasteiger partial charge in [-0.3, -0.25) is 4.79 Å². The van der Waals surface area contributed by atoms with Gasteiger partial charge in [0.15, 0.2) is 5.78 Å². The highest BCUT2D eigenvalue weighted by atomic mass is 16.5. The predicted molar refractivity (Wildman–Crippen MR) is 104 cm³/mol. The summed E-state index contributed by atoms with van der Waals surface area (Å²) in [4.78, 5) is 14.2. The highest BCUT2D eigenvalue weighted by Gasteiger charge is 2.22. The van der Waals surface area contributed by atoms with E-state index in [4.69, 9.17) is 4.74 Å². The van der Waals surface area contributed by atoms with Crippen LogP contribution in [0.2, 0.25) is 0 Å². The zero-order valence-corrected chi connectivity index (χ0v) is 15.9. The fraction of sp³-hybridized carbons (Fsp3) is 0.571. The highest BCUT2D eigenvalue weighted by molar-refractivity contribution is 6.06. The van der Waals surface area contributed by atoms with Gasteiger partial charge >= 0.3 is 0 Å². The number of hydrogen-bond acceptors (Lipinski definition) is 4. The van der Waals surface area contributed by atoms with Crippen LogP contribution in [-0.4, -0.2) is 58.8 Å². The molecule has 1 aromatic heterocycles. The van der Waals surface area contributed by atoms with Crippen molar-refractivity contribution >= 4 is 16.7 Å². The number of Topliss-reactive ketones (excluding diaryl/α,β-unsaturated/α-hetero) is 1. The Morgan fingerprint density at radius 3 is 2.69 bits per heavy atom. The maximum absolute atomic E-state index is 11.9. The van der Waals surface area contributed by atoms with Crippen LogP contribution in [-0.2, 0) is 11.3 Å². The molecule has 0 saturated carbocycles. The number of ketones is 1. The largest absolute Gasteiger partial charge is 0.390 e. The van der Waals surface area contributed by atoms with Gasteiger partial charge in [-0.05, 0) is 32.3 Å². The van der Waals surface area contributed by atoms with Crippen LogP contribution in [0.15, 0.2) is 30.5 Å². The van der Waals surface area contributed by atoms with Crippen molar-refractivity contribution in [1.82, 2.24) is 9.47 Å². The van der Waals surface area contributed by atoms with E-state index in [1.54, 1.807) is 6.92 Å². The van der Waals surface area contributed by atoms with Crippen LogP contribution >= 0.6 is 0 Å². The standard InChI is InChI=1S/C21H30N2O3/c1-3-12-26-18-8-10-22(11-9-18)13-17(25)14-23-15-20(16(2)24)19-6-4-5-7-21(19)23/h4-7,15,17-18,25H,3,8-14H2,1-2H3. The van der Waals surface area contributed by atoms with Gasteiger partial charge in [0, 0.05) is 55.4 Å². The van der Waals surface area contributed by atoms with Crippen molar-refractivity contribution in [3.63, 3.8) is 0 Å². The number of aliphatic hydroxyl groups excluding tert-OH is 1. The number of benzene rings is 1.